The monoisotopic (exact) mass is 406 g/mol. The molecule has 0 N–H and O–H groups in total. The number of para-hydroxylation sites is 1. The van der Waals surface area contributed by atoms with Crippen LogP contribution < -0.4 is 4.90 Å². The molecule has 1 fully saturated rings. The van der Waals surface area contributed by atoms with Crippen LogP contribution >= 0.6 is 0 Å². The highest BCUT2D eigenvalue weighted by Crippen LogP contribution is 2.22. The van der Waals surface area contributed by atoms with E-state index in [-0.39, 0.29) is 12.2 Å². The molecule has 1 unspecified atom stereocenters. The molecule has 158 valence electrons. The van der Waals surface area contributed by atoms with E-state index in [1.54, 1.807) is 25.1 Å². The number of likely N-dealkylation sites (tertiary alicyclic amines) is 1. The molecule has 1 aliphatic rings. The Balaban J connectivity index is 2.06. The first-order chi connectivity index (χ1) is 13.9. The van der Waals surface area contributed by atoms with E-state index in [1.807, 2.05) is 0 Å². The summed E-state index contributed by atoms with van der Waals surface area (Å²) >= 11 is 0. The summed E-state index contributed by atoms with van der Waals surface area (Å²) < 4.78 is 14.9. The van der Waals surface area contributed by atoms with Crippen LogP contribution in [0.2, 0.25) is 0 Å². The minimum Gasteiger partial charge on any atom is -0.464 e. The summed E-state index contributed by atoms with van der Waals surface area (Å²) in [7, 11) is 2.69. The Morgan fingerprint density at radius 1 is 1.14 bits per heavy atom. The van der Waals surface area contributed by atoms with Crippen molar-refractivity contribution < 1.29 is 33.4 Å². The molecule has 1 aromatic carbocycles. The summed E-state index contributed by atoms with van der Waals surface area (Å²) in [6.07, 6.45) is 1.46. The van der Waals surface area contributed by atoms with Crippen molar-refractivity contribution in [2.24, 2.45) is 0 Å². The second-order valence-corrected chi connectivity index (χ2v) is 6.47. The smallest absolute Gasteiger partial charge is 0.413 e. The van der Waals surface area contributed by atoms with Gasteiger partial charge in [-0.05, 0) is 38.3 Å². The molecule has 29 heavy (non-hydrogen) atoms. The number of rotatable bonds is 6. The highest BCUT2D eigenvalue weighted by Gasteiger charge is 2.33. The number of carbonyl (C=O) groups excluding carboxylic acids is 4. The van der Waals surface area contributed by atoms with Gasteiger partial charge in [0.1, 0.15) is 6.04 Å². The number of hydrogen-bond donors (Lipinski definition) is 0. The van der Waals surface area contributed by atoms with Gasteiger partial charge in [0.25, 0.3) is 5.91 Å². The third kappa shape index (κ3) is 5.46. The van der Waals surface area contributed by atoms with Crippen LogP contribution in [-0.2, 0) is 23.8 Å². The quantitative estimate of drug-likeness (QED) is 0.526. The summed E-state index contributed by atoms with van der Waals surface area (Å²) in [6, 6.07) is 5.68. The minimum atomic E-state index is -0.755. The fraction of sp³-hybridized carbons (Fsp3) is 0.500. The molecule has 1 saturated heterocycles. The molecule has 9 nitrogen and oxygen atoms in total. The van der Waals surface area contributed by atoms with Gasteiger partial charge in [-0.25, -0.2) is 14.4 Å². The molecule has 0 aliphatic carbocycles. The molecule has 0 spiro atoms. The van der Waals surface area contributed by atoms with Gasteiger partial charge in [0.05, 0.1) is 25.0 Å². The number of nitrogens with zero attached hydrogens (tertiary/aromatic N) is 2. The number of benzene rings is 1. The summed E-state index contributed by atoms with van der Waals surface area (Å²) in [4.78, 5) is 51.5. The predicted molar refractivity (Wildman–Crippen MR) is 104 cm³/mol. The van der Waals surface area contributed by atoms with Crippen LogP contribution in [0.5, 0.6) is 0 Å². The maximum atomic E-state index is 12.6. The fourth-order valence-corrected chi connectivity index (χ4v) is 3.18. The fourth-order valence-electron chi connectivity index (χ4n) is 3.18. The van der Waals surface area contributed by atoms with E-state index < -0.39 is 36.6 Å². The Labute approximate surface area is 169 Å². The maximum absolute atomic E-state index is 12.6. The molecule has 2 amide bonds. The van der Waals surface area contributed by atoms with Crippen LogP contribution in [0.25, 0.3) is 0 Å². The molecule has 1 aliphatic heterocycles. The number of methoxy groups -OCH3 is 1. The molecule has 0 saturated carbocycles. The van der Waals surface area contributed by atoms with E-state index >= 15 is 0 Å². The third-order valence-electron chi connectivity index (χ3n) is 4.64. The predicted octanol–water partition coefficient (Wildman–Crippen LogP) is 1.99. The Bertz CT molecular complexity index is 765. The zero-order chi connectivity index (χ0) is 21.4. The summed E-state index contributed by atoms with van der Waals surface area (Å²) in [6.45, 7) is 1.83. The van der Waals surface area contributed by atoms with Crippen molar-refractivity contribution >= 4 is 29.6 Å². The van der Waals surface area contributed by atoms with E-state index in [0.717, 1.165) is 12.8 Å². The lowest BCUT2D eigenvalue weighted by Crippen LogP contribution is -2.50. The Kier molecular flexibility index (Phi) is 7.99. The van der Waals surface area contributed by atoms with E-state index in [1.165, 1.54) is 30.0 Å². The second kappa shape index (κ2) is 10.4. The number of piperidine rings is 1. The maximum Gasteiger partial charge on any atom is 0.413 e. The van der Waals surface area contributed by atoms with Crippen LogP contribution in [0.4, 0.5) is 10.5 Å². The van der Waals surface area contributed by atoms with Crippen molar-refractivity contribution in [1.29, 1.82) is 0 Å². The lowest BCUT2D eigenvalue weighted by atomic mass is 10.0. The van der Waals surface area contributed by atoms with Gasteiger partial charge in [-0.1, -0.05) is 12.1 Å². The van der Waals surface area contributed by atoms with Gasteiger partial charge in [0, 0.05) is 13.6 Å². The van der Waals surface area contributed by atoms with E-state index in [0.29, 0.717) is 18.7 Å². The van der Waals surface area contributed by atoms with Crippen molar-refractivity contribution in [3.8, 4) is 0 Å². The van der Waals surface area contributed by atoms with Crippen LogP contribution in [0.1, 0.15) is 36.5 Å². The number of carbonyl (C=O) groups is 4. The highest BCUT2D eigenvalue weighted by atomic mass is 16.5. The van der Waals surface area contributed by atoms with Crippen LogP contribution in [0, 0.1) is 0 Å². The SMILES string of the molecule is CCOC(=O)C1CCCCN1C(=O)COC(=O)c1ccccc1N(C)C(=O)OC. The molecule has 2 rings (SSSR count). The minimum absolute atomic E-state index is 0.119. The Hall–Kier alpha value is -3.10. The topological polar surface area (TPSA) is 102 Å². The normalized spacial score (nSPS) is 16.0. The molecule has 0 aromatic heterocycles. The molecular weight excluding hydrogens is 380 g/mol. The van der Waals surface area contributed by atoms with Gasteiger partial charge >= 0.3 is 18.0 Å². The number of amides is 2. The molecule has 9 heteroatoms. The number of esters is 2. The Morgan fingerprint density at radius 2 is 1.86 bits per heavy atom. The number of ether oxygens (including phenoxy) is 3. The van der Waals surface area contributed by atoms with Gasteiger partial charge in [0.2, 0.25) is 0 Å². The standard InChI is InChI=1S/C20H26N2O7/c1-4-28-19(25)16-11-7-8-12-22(16)17(23)13-29-18(24)14-9-5-6-10-15(14)21(2)20(26)27-3/h5-6,9-10,16H,4,7-8,11-13H2,1-3H3. The average Bonchev–Trinajstić information content (AvgIpc) is 2.76. The molecule has 1 aromatic rings. The lowest BCUT2D eigenvalue weighted by molar-refractivity contribution is -0.157. The second-order valence-electron chi connectivity index (χ2n) is 6.47. The van der Waals surface area contributed by atoms with Crippen molar-refractivity contribution in [3.05, 3.63) is 29.8 Å². The summed E-state index contributed by atoms with van der Waals surface area (Å²) in [5.41, 5.74) is 0.410. The van der Waals surface area contributed by atoms with Gasteiger partial charge in [-0.3, -0.25) is 9.69 Å². The zero-order valence-corrected chi connectivity index (χ0v) is 16.9. The summed E-state index contributed by atoms with van der Waals surface area (Å²) in [5.74, 6) is -1.67. The van der Waals surface area contributed by atoms with Gasteiger partial charge < -0.3 is 19.1 Å². The zero-order valence-electron chi connectivity index (χ0n) is 16.9. The molecular formula is C20H26N2O7. The third-order valence-corrected chi connectivity index (χ3v) is 4.64. The first kappa shape index (κ1) is 22.2. The number of anilines is 1. The number of hydrogen-bond acceptors (Lipinski definition) is 7. The first-order valence-corrected chi connectivity index (χ1v) is 9.44. The first-order valence-electron chi connectivity index (χ1n) is 9.44. The van der Waals surface area contributed by atoms with Crippen molar-refractivity contribution in [1.82, 2.24) is 4.90 Å². The highest BCUT2D eigenvalue weighted by molar-refractivity contribution is 6.01. The Morgan fingerprint density at radius 3 is 2.55 bits per heavy atom. The van der Waals surface area contributed by atoms with Crippen LogP contribution in [0.3, 0.4) is 0 Å². The lowest BCUT2D eigenvalue weighted by Gasteiger charge is -2.33. The van der Waals surface area contributed by atoms with E-state index in [2.05, 4.69) is 4.74 Å². The largest absolute Gasteiger partial charge is 0.464 e. The van der Waals surface area contributed by atoms with Crippen LogP contribution in [0.15, 0.2) is 24.3 Å². The van der Waals surface area contributed by atoms with Crippen molar-refractivity contribution in [2.45, 2.75) is 32.2 Å². The van der Waals surface area contributed by atoms with Crippen molar-refractivity contribution in [3.63, 3.8) is 0 Å². The molecule has 1 atom stereocenters. The molecule has 0 radical (unpaired) electrons. The van der Waals surface area contributed by atoms with Gasteiger partial charge in [0.15, 0.2) is 6.61 Å². The molecule has 0 bridgehead atoms. The average molecular weight is 406 g/mol. The van der Waals surface area contributed by atoms with E-state index in [9.17, 15) is 19.2 Å². The van der Waals surface area contributed by atoms with E-state index in [4.69, 9.17) is 9.47 Å². The van der Waals surface area contributed by atoms with Gasteiger partial charge in [-0.2, -0.15) is 0 Å². The van der Waals surface area contributed by atoms with Crippen molar-refractivity contribution in [2.75, 3.05) is 38.8 Å². The molecule has 1 heterocycles. The van der Waals surface area contributed by atoms with Gasteiger partial charge in [-0.15, -0.1) is 0 Å². The summed E-state index contributed by atoms with van der Waals surface area (Å²) in [5, 5.41) is 0. The van der Waals surface area contributed by atoms with Crippen LogP contribution in [-0.4, -0.2) is 68.8 Å².